The summed E-state index contributed by atoms with van der Waals surface area (Å²) in [5.41, 5.74) is 1.24. The van der Waals surface area contributed by atoms with Gasteiger partial charge in [0.2, 0.25) is 0 Å². The quantitative estimate of drug-likeness (QED) is 0.676. The molecular weight excluding hydrogens is 180 g/mol. The summed E-state index contributed by atoms with van der Waals surface area (Å²) in [6, 6.07) is 3.60. The largest absolute Gasteiger partial charge is 0.355 e. The van der Waals surface area contributed by atoms with Gasteiger partial charge in [-0.2, -0.15) is 0 Å². The highest BCUT2D eigenvalue weighted by Crippen LogP contribution is 2.22. The molecular formula is C10H8N2O2. The Bertz CT molecular complexity index is 448. The van der Waals surface area contributed by atoms with Gasteiger partial charge in [-0.15, -0.1) is 0 Å². The van der Waals surface area contributed by atoms with E-state index in [9.17, 15) is 4.79 Å². The molecule has 4 heteroatoms. The van der Waals surface area contributed by atoms with E-state index in [0.717, 1.165) is 5.56 Å². The molecule has 2 aromatic rings. The van der Waals surface area contributed by atoms with Gasteiger partial charge in [0.05, 0.1) is 11.8 Å². The average molecular weight is 188 g/mol. The molecule has 0 amide bonds. The van der Waals surface area contributed by atoms with Crippen LogP contribution in [0.2, 0.25) is 0 Å². The Hall–Kier alpha value is -1.97. The number of hydrogen-bond donors (Lipinski definition) is 0. The minimum absolute atomic E-state index is 0.0647. The zero-order valence-corrected chi connectivity index (χ0v) is 7.60. The third-order valence-electron chi connectivity index (χ3n) is 1.87. The Morgan fingerprint density at radius 2 is 2.29 bits per heavy atom. The summed E-state index contributed by atoms with van der Waals surface area (Å²) in [5.74, 6) is 0.413. The molecule has 2 rings (SSSR count). The predicted octanol–water partition coefficient (Wildman–Crippen LogP) is 1.94. The lowest BCUT2D eigenvalue weighted by atomic mass is 10.1. The number of Topliss-reactive ketones (excluding diaryl/α,β-unsaturated/α-hetero) is 1. The van der Waals surface area contributed by atoms with Gasteiger partial charge in [-0.1, -0.05) is 5.16 Å². The van der Waals surface area contributed by atoms with Crippen LogP contribution in [0.5, 0.6) is 0 Å². The Kier molecular flexibility index (Phi) is 2.10. The number of carbonyl (C=O) groups is 1. The third-order valence-corrected chi connectivity index (χ3v) is 1.87. The van der Waals surface area contributed by atoms with E-state index in [1.54, 1.807) is 18.5 Å². The van der Waals surface area contributed by atoms with Gasteiger partial charge in [0.15, 0.2) is 11.5 Å². The smallest absolute Gasteiger partial charge is 0.179 e. The maximum atomic E-state index is 11.2. The molecule has 0 saturated carbocycles. The van der Waals surface area contributed by atoms with Crippen molar-refractivity contribution in [1.29, 1.82) is 0 Å². The van der Waals surface area contributed by atoms with Crippen molar-refractivity contribution in [1.82, 2.24) is 10.1 Å². The van der Waals surface area contributed by atoms with Crippen molar-refractivity contribution in [2.75, 3.05) is 0 Å². The molecule has 2 aromatic heterocycles. The van der Waals surface area contributed by atoms with E-state index in [0.29, 0.717) is 11.3 Å². The first-order chi connectivity index (χ1) is 6.79. The van der Waals surface area contributed by atoms with E-state index in [4.69, 9.17) is 4.52 Å². The SMILES string of the molecule is CC(=O)c1cnoc1-c1cccnc1. The van der Waals surface area contributed by atoms with Crippen LogP contribution in [-0.2, 0) is 0 Å². The minimum Gasteiger partial charge on any atom is -0.355 e. The Labute approximate surface area is 80.6 Å². The van der Waals surface area contributed by atoms with E-state index in [2.05, 4.69) is 10.1 Å². The normalized spacial score (nSPS) is 10.1. The lowest BCUT2D eigenvalue weighted by Gasteiger charge is -1.95. The van der Waals surface area contributed by atoms with Crippen LogP contribution < -0.4 is 0 Å². The topological polar surface area (TPSA) is 56.0 Å². The molecule has 0 saturated heterocycles. The average Bonchev–Trinajstić information content (AvgIpc) is 2.67. The van der Waals surface area contributed by atoms with Crippen LogP contribution in [0.25, 0.3) is 11.3 Å². The van der Waals surface area contributed by atoms with Gasteiger partial charge in [-0.3, -0.25) is 9.78 Å². The summed E-state index contributed by atoms with van der Waals surface area (Å²) < 4.78 is 5.00. The second-order valence-corrected chi connectivity index (χ2v) is 2.87. The number of carbonyl (C=O) groups excluding carboxylic acids is 1. The Balaban J connectivity index is 2.52. The van der Waals surface area contributed by atoms with Crippen molar-refractivity contribution in [3.63, 3.8) is 0 Å². The second-order valence-electron chi connectivity index (χ2n) is 2.87. The van der Waals surface area contributed by atoms with Crippen molar-refractivity contribution in [3.05, 3.63) is 36.3 Å². The van der Waals surface area contributed by atoms with Crippen molar-refractivity contribution in [3.8, 4) is 11.3 Å². The van der Waals surface area contributed by atoms with Gasteiger partial charge in [0, 0.05) is 18.0 Å². The number of pyridine rings is 1. The van der Waals surface area contributed by atoms with E-state index in [1.165, 1.54) is 13.1 Å². The maximum Gasteiger partial charge on any atom is 0.179 e. The highest BCUT2D eigenvalue weighted by atomic mass is 16.5. The van der Waals surface area contributed by atoms with E-state index < -0.39 is 0 Å². The first-order valence-electron chi connectivity index (χ1n) is 4.15. The Morgan fingerprint density at radius 3 is 2.93 bits per heavy atom. The lowest BCUT2D eigenvalue weighted by Crippen LogP contribution is -1.91. The number of aromatic nitrogens is 2. The summed E-state index contributed by atoms with van der Waals surface area (Å²) in [6.07, 6.45) is 4.71. The first-order valence-corrected chi connectivity index (χ1v) is 4.15. The molecule has 0 aromatic carbocycles. The van der Waals surface area contributed by atoms with Crippen LogP contribution in [-0.4, -0.2) is 15.9 Å². The molecule has 2 heterocycles. The van der Waals surface area contributed by atoms with E-state index in [-0.39, 0.29) is 5.78 Å². The molecule has 4 nitrogen and oxygen atoms in total. The van der Waals surface area contributed by atoms with Crippen molar-refractivity contribution in [2.24, 2.45) is 0 Å². The maximum absolute atomic E-state index is 11.2. The molecule has 0 radical (unpaired) electrons. The number of nitrogens with zero attached hydrogens (tertiary/aromatic N) is 2. The van der Waals surface area contributed by atoms with Gasteiger partial charge < -0.3 is 4.52 Å². The van der Waals surface area contributed by atoms with E-state index in [1.807, 2.05) is 6.07 Å². The standard InChI is InChI=1S/C10H8N2O2/c1-7(13)9-6-12-14-10(9)8-3-2-4-11-5-8/h2-6H,1H3. The van der Waals surface area contributed by atoms with E-state index >= 15 is 0 Å². The fraction of sp³-hybridized carbons (Fsp3) is 0.100. The van der Waals surface area contributed by atoms with Gasteiger partial charge in [-0.25, -0.2) is 0 Å². The van der Waals surface area contributed by atoms with Crippen LogP contribution in [0.3, 0.4) is 0 Å². The van der Waals surface area contributed by atoms with Gasteiger partial charge >= 0.3 is 0 Å². The summed E-state index contributed by atoms with van der Waals surface area (Å²) in [6.45, 7) is 1.48. The van der Waals surface area contributed by atoms with Gasteiger partial charge in [0.25, 0.3) is 0 Å². The van der Waals surface area contributed by atoms with Crippen molar-refractivity contribution >= 4 is 5.78 Å². The second kappa shape index (κ2) is 3.41. The van der Waals surface area contributed by atoms with Crippen molar-refractivity contribution in [2.45, 2.75) is 6.92 Å². The molecule has 0 N–H and O–H groups in total. The third kappa shape index (κ3) is 1.42. The van der Waals surface area contributed by atoms with Gasteiger partial charge in [0.1, 0.15) is 0 Å². The van der Waals surface area contributed by atoms with Gasteiger partial charge in [-0.05, 0) is 19.1 Å². The molecule has 0 aliphatic heterocycles. The zero-order valence-electron chi connectivity index (χ0n) is 7.60. The Morgan fingerprint density at radius 1 is 1.43 bits per heavy atom. The number of ketones is 1. The molecule has 0 fully saturated rings. The lowest BCUT2D eigenvalue weighted by molar-refractivity contribution is 0.101. The van der Waals surface area contributed by atoms with Crippen molar-refractivity contribution < 1.29 is 9.32 Å². The molecule has 14 heavy (non-hydrogen) atoms. The summed E-state index contributed by atoms with van der Waals surface area (Å²) in [4.78, 5) is 15.1. The fourth-order valence-corrected chi connectivity index (χ4v) is 1.20. The number of hydrogen-bond acceptors (Lipinski definition) is 4. The highest BCUT2D eigenvalue weighted by Gasteiger charge is 2.13. The molecule has 0 bridgehead atoms. The monoisotopic (exact) mass is 188 g/mol. The summed E-state index contributed by atoms with van der Waals surface area (Å²) in [5, 5.41) is 3.60. The van der Waals surface area contributed by atoms with Crippen LogP contribution in [0, 0.1) is 0 Å². The zero-order chi connectivity index (χ0) is 9.97. The van der Waals surface area contributed by atoms with Crippen LogP contribution in [0.15, 0.2) is 35.2 Å². The fourth-order valence-electron chi connectivity index (χ4n) is 1.20. The summed E-state index contributed by atoms with van der Waals surface area (Å²) in [7, 11) is 0. The molecule has 0 atom stereocenters. The van der Waals surface area contributed by atoms with Crippen LogP contribution in [0.1, 0.15) is 17.3 Å². The molecule has 0 spiro atoms. The van der Waals surface area contributed by atoms with Crippen LogP contribution >= 0.6 is 0 Å². The molecule has 70 valence electrons. The summed E-state index contributed by atoms with van der Waals surface area (Å²) >= 11 is 0. The molecule has 0 aliphatic rings. The number of rotatable bonds is 2. The predicted molar refractivity (Wildman–Crippen MR) is 49.7 cm³/mol. The molecule has 0 aliphatic carbocycles. The minimum atomic E-state index is -0.0647. The van der Waals surface area contributed by atoms with Crippen LogP contribution in [0.4, 0.5) is 0 Å². The first kappa shape index (κ1) is 8.62. The highest BCUT2D eigenvalue weighted by molar-refractivity contribution is 5.99. The molecule has 0 unspecified atom stereocenters.